The fourth-order valence-corrected chi connectivity index (χ4v) is 1.78. The summed E-state index contributed by atoms with van der Waals surface area (Å²) < 4.78 is 18.1. The molecule has 0 unspecified atom stereocenters. The molecular weight excluding hydrogens is 237 g/mol. The molecule has 0 radical (unpaired) electrons. The van der Waals surface area contributed by atoms with Gasteiger partial charge in [0.2, 0.25) is 0 Å². The molecule has 98 valence electrons. The minimum Gasteiger partial charge on any atom is -0.465 e. The highest BCUT2D eigenvalue weighted by Gasteiger charge is 2.41. The number of hydrogen-bond acceptors (Lipinski definition) is 4. The van der Waals surface area contributed by atoms with Crippen molar-refractivity contribution in [2.45, 2.75) is 24.9 Å². The third-order valence-electron chi connectivity index (χ3n) is 3.26. The van der Waals surface area contributed by atoms with Crippen molar-refractivity contribution in [3.05, 3.63) is 35.1 Å². The molecule has 0 bridgehead atoms. The predicted octanol–water partition coefficient (Wildman–Crippen LogP) is 1.23. The van der Waals surface area contributed by atoms with Gasteiger partial charge in [0.1, 0.15) is 5.82 Å². The molecule has 0 heterocycles. The van der Waals surface area contributed by atoms with Crippen LogP contribution in [-0.4, -0.2) is 30.3 Å². The predicted molar refractivity (Wildman–Crippen MR) is 63.6 cm³/mol. The van der Waals surface area contributed by atoms with E-state index < -0.39 is 11.8 Å². The molecule has 1 fully saturated rings. The van der Waals surface area contributed by atoms with Gasteiger partial charge in [-0.05, 0) is 30.5 Å². The summed E-state index contributed by atoms with van der Waals surface area (Å²) in [5.74, 6) is -1.27. The van der Waals surface area contributed by atoms with Crippen molar-refractivity contribution >= 4 is 5.97 Å². The zero-order valence-electron chi connectivity index (χ0n) is 10.2. The lowest BCUT2D eigenvalue weighted by atomic mass is 10.1. The molecule has 1 aliphatic carbocycles. The number of aliphatic hydroxyl groups excluding tert-OH is 1. The SMILES string of the molecule is COC(=O)c1ccc(CNC2(CO)CC2)cc1F. The van der Waals surface area contributed by atoms with E-state index in [4.69, 9.17) is 5.11 Å². The normalized spacial score (nSPS) is 16.4. The molecule has 2 rings (SSSR count). The number of esters is 1. The van der Waals surface area contributed by atoms with Crippen LogP contribution < -0.4 is 5.32 Å². The van der Waals surface area contributed by atoms with E-state index in [-0.39, 0.29) is 17.7 Å². The summed E-state index contributed by atoms with van der Waals surface area (Å²) in [5, 5.41) is 12.3. The smallest absolute Gasteiger partial charge is 0.340 e. The Morgan fingerprint density at radius 1 is 1.56 bits per heavy atom. The molecular formula is C13H16FNO3. The Labute approximate surface area is 105 Å². The highest BCUT2D eigenvalue weighted by molar-refractivity contribution is 5.89. The van der Waals surface area contributed by atoms with Crippen LogP contribution in [0.2, 0.25) is 0 Å². The van der Waals surface area contributed by atoms with Gasteiger partial charge in [-0.25, -0.2) is 9.18 Å². The molecule has 1 aromatic carbocycles. The first-order valence-corrected chi connectivity index (χ1v) is 5.83. The lowest BCUT2D eigenvalue weighted by Gasteiger charge is -2.14. The van der Waals surface area contributed by atoms with Crippen LogP contribution in [0.15, 0.2) is 18.2 Å². The van der Waals surface area contributed by atoms with Gasteiger partial charge in [-0.2, -0.15) is 0 Å². The average molecular weight is 253 g/mol. The molecule has 18 heavy (non-hydrogen) atoms. The molecule has 5 heteroatoms. The van der Waals surface area contributed by atoms with Crippen LogP contribution in [-0.2, 0) is 11.3 Å². The lowest BCUT2D eigenvalue weighted by Crippen LogP contribution is -2.34. The van der Waals surface area contributed by atoms with Crippen molar-refractivity contribution in [1.82, 2.24) is 5.32 Å². The Morgan fingerprint density at radius 2 is 2.28 bits per heavy atom. The molecule has 1 aromatic rings. The third-order valence-corrected chi connectivity index (χ3v) is 3.26. The summed E-state index contributed by atoms with van der Waals surface area (Å²) in [6.07, 6.45) is 1.87. The van der Waals surface area contributed by atoms with Gasteiger partial charge in [-0.3, -0.25) is 0 Å². The maximum atomic E-state index is 13.6. The number of carbonyl (C=O) groups is 1. The Hall–Kier alpha value is -1.46. The van der Waals surface area contributed by atoms with Crippen molar-refractivity contribution in [3.8, 4) is 0 Å². The average Bonchev–Trinajstić information content (AvgIpc) is 3.16. The minimum atomic E-state index is -0.680. The van der Waals surface area contributed by atoms with Crippen molar-refractivity contribution in [2.24, 2.45) is 0 Å². The number of nitrogens with one attached hydrogen (secondary N) is 1. The second kappa shape index (κ2) is 5.04. The summed E-state index contributed by atoms with van der Waals surface area (Å²) in [7, 11) is 1.22. The van der Waals surface area contributed by atoms with E-state index in [1.807, 2.05) is 0 Å². The van der Waals surface area contributed by atoms with Crippen LogP contribution in [0, 0.1) is 5.82 Å². The van der Waals surface area contributed by atoms with Gasteiger partial charge in [0.15, 0.2) is 0 Å². The number of benzene rings is 1. The summed E-state index contributed by atoms with van der Waals surface area (Å²) >= 11 is 0. The number of rotatable bonds is 5. The summed E-state index contributed by atoms with van der Waals surface area (Å²) in [6, 6.07) is 4.40. The highest BCUT2D eigenvalue weighted by Crippen LogP contribution is 2.34. The molecule has 0 saturated heterocycles. The van der Waals surface area contributed by atoms with Crippen molar-refractivity contribution in [2.75, 3.05) is 13.7 Å². The molecule has 0 atom stereocenters. The van der Waals surface area contributed by atoms with Gasteiger partial charge >= 0.3 is 5.97 Å². The first-order chi connectivity index (χ1) is 8.60. The first kappa shape index (κ1) is 13.0. The molecule has 0 amide bonds. The Morgan fingerprint density at radius 3 is 2.78 bits per heavy atom. The Bertz CT molecular complexity index is 458. The molecule has 0 spiro atoms. The largest absolute Gasteiger partial charge is 0.465 e. The second-order valence-electron chi connectivity index (χ2n) is 4.60. The number of aliphatic hydroxyl groups is 1. The zero-order valence-corrected chi connectivity index (χ0v) is 10.2. The molecule has 0 aliphatic heterocycles. The molecule has 4 nitrogen and oxygen atoms in total. The van der Waals surface area contributed by atoms with E-state index in [1.54, 1.807) is 6.07 Å². The summed E-state index contributed by atoms with van der Waals surface area (Å²) in [6.45, 7) is 0.564. The number of methoxy groups -OCH3 is 1. The number of hydrogen-bond donors (Lipinski definition) is 2. The van der Waals surface area contributed by atoms with Crippen LogP contribution in [0.25, 0.3) is 0 Å². The molecule has 0 aromatic heterocycles. The minimum absolute atomic E-state index is 0.0652. The van der Waals surface area contributed by atoms with Crippen LogP contribution in [0.3, 0.4) is 0 Å². The molecule has 1 aliphatic rings. The third kappa shape index (κ3) is 2.68. The fraction of sp³-hybridized carbons (Fsp3) is 0.462. The Balaban J connectivity index is 2.02. The van der Waals surface area contributed by atoms with E-state index in [0.717, 1.165) is 18.4 Å². The van der Waals surface area contributed by atoms with Crippen molar-refractivity contribution in [1.29, 1.82) is 0 Å². The number of carbonyl (C=O) groups excluding carboxylic acids is 1. The van der Waals surface area contributed by atoms with E-state index in [0.29, 0.717) is 6.54 Å². The quantitative estimate of drug-likeness (QED) is 0.775. The second-order valence-corrected chi connectivity index (χ2v) is 4.60. The first-order valence-electron chi connectivity index (χ1n) is 5.83. The van der Waals surface area contributed by atoms with Gasteiger partial charge in [-0.15, -0.1) is 0 Å². The van der Waals surface area contributed by atoms with Gasteiger partial charge in [0, 0.05) is 12.1 Å². The zero-order chi connectivity index (χ0) is 13.2. The number of ether oxygens (including phenoxy) is 1. The maximum absolute atomic E-state index is 13.6. The summed E-state index contributed by atoms with van der Waals surface area (Å²) in [5.41, 5.74) is 0.488. The van der Waals surface area contributed by atoms with E-state index in [2.05, 4.69) is 10.1 Å². The van der Waals surface area contributed by atoms with Crippen molar-refractivity contribution in [3.63, 3.8) is 0 Å². The van der Waals surface area contributed by atoms with E-state index in [9.17, 15) is 9.18 Å². The molecule has 2 N–H and O–H groups in total. The fourth-order valence-electron chi connectivity index (χ4n) is 1.78. The van der Waals surface area contributed by atoms with Gasteiger partial charge < -0.3 is 15.2 Å². The number of halogens is 1. The summed E-state index contributed by atoms with van der Waals surface area (Å²) in [4.78, 5) is 11.2. The van der Waals surface area contributed by atoms with Crippen LogP contribution >= 0.6 is 0 Å². The monoisotopic (exact) mass is 253 g/mol. The van der Waals surface area contributed by atoms with Gasteiger partial charge in [0.05, 0.1) is 19.3 Å². The maximum Gasteiger partial charge on any atom is 0.340 e. The van der Waals surface area contributed by atoms with Gasteiger partial charge in [-0.1, -0.05) is 6.07 Å². The van der Waals surface area contributed by atoms with Crippen LogP contribution in [0.1, 0.15) is 28.8 Å². The highest BCUT2D eigenvalue weighted by atomic mass is 19.1. The lowest BCUT2D eigenvalue weighted by molar-refractivity contribution is 0.0595. The van der Waals surface area contributed by atoms with E-state index >= 15 is 0 Å². The topological polar surface area (TPSA) is 58.6 Å². The standard InChI is InChI=1S/C13H16FNO3/c1-18-12(17)10-3-2-9(6-11(10)14)7-15-13(8-16)4-5-13/h2-3,6,15-16H,4-5,7-8H2,1H3. The Kier molecular flexibility index (Phi) is 3.63. The molecule has 1 saturated carbocycles. The van der Waals surface area contributed by atoms with Crippen LogP contribution in [0.5, 0.6) is 0 Å². The van der Waals surface area contributed by atoms with Crippen LogP contribution in [0.4, 0.5) is 4.39 Å². The van der Waals surface area contributed by atoms with E-state index in [1.165, 1.54) is 19.2 Å². The van der Waals surface area contributed by atoms with Gasteiger partial charge in [0.25, 0.3) is 0 Å². The van der Waals surface area contributed by atoms with Crippen molar-refractivity contribution < 1.29 is 19.0 Å².